The van der Waals surface area contributed by atoms with Gasteiger partial charge in [-0.3, -0.25) is 14.7 Å². The number of rotatable bonds is 6. The third-order valence-corrected chi connectivity index (χ3v) is 5.49. The van der Waals surface area contributed by atoms with Crippen LogP contribution in [0.1, 0.15) is 11.3 Å². The summed E-state index contributed by atoms with van der Waals surface area (Å²) in [5, 5.41) is 5.71. The molecule has 0 unspecified atom stereocenters. The van der Waals surface area contributed by atoms with Crippen LogP contribution < -0.4 is 5.32 Å². The van der Waals surface area contributed by atoms with Crippen LogP contribution in [0, 0.1) is 0 Å². The Balaban J connectivity index is 1.35. The van der Waals surface area contributed by atoms with Crippen LogP contribution in [0.4, 0.5) is 5.69 Å². The van der Waals surface area contributed by atoms with Gasteiger partial charge >= 0.3 is 0 Å². The Morgan fingerprint density at radius 2 is 2.00 bits per heavy atom. The second kappa shape index (κ2) is 9.05. The van der Waals surface area contributed by atoms with E-state index in [4.69, 9.17) is 4.74 Å². The molecule has 1 N–H and O–H groups in total. The molecule has 1 aliphatic rings. The van der Waals surface area contributed by atoms with E-state index >= 15 is 0 Å². The smallest absolute Gasteiger partial charge is 0.230 e. The molecule has 144 valence electrons. The normalized spacial score (nSPS) is 14.7. The van der Waals surface area contributed by atoms with E-state index in [0.717, 1.165) is 49.1 Å². The summed E-state index contributed by atoms with van der Waals surface area (Å²) in [6.45, 7) is 4.54. The molecule has 0 aliphatic carbocycles. The predicted octanol–water partition coefficient (Wildman–Crippen LogP) is 3.22. The minimum Gasteiger partial charge on any atom is -0.379 e. The number of thiazole rings is 1. The monoisotopic (exact) mass is 394 g/mol. The van der Waals surface area contributed by atoms with Crippen molar-refractivity contribution < 1.29 is 9.53 Å². The van der Waals surface area contributed by atoms with Gasteiger partial charge in [0.2, 0.25) is 5.91 Å². The molecule has 4 rings (SSSR count). The van der Waals surface area contributed by atoms with E-state index < -0.39 is 0 Å². The molecule has 1 aliphatic heterocycles. The lowest BCUT2D eigenvalue weighted by atomic mass is 10.1. The molecule has 1 aromatic carbocycles. The van der Waals surface area contributed by atoms with Crippen molar-refractivity contribution in [3.05, 3.63) is 65.4 Å². The number of pyridine rings is 1. The second-order valence-electron chi connectivity index (χ2n) is 6.70. The summed E-state index contributed by atoms with van der Waals surface area (Å²) in [7, 11) is 0. The fourth-order valence-electron chi connectivity index (χ4n) is 3.10. The highest BCUT2D eigenvalue weighted by molar-refractivity contribution is 7.13. The van der Waals surface area contributed by atoms with Crippen molar-refractivity contribution in [2.75, 3.05) is 31.6 Å². The van der Waals surface area contributed by atoms with Gasteiger partial charge in [0.25, 0.3) is 0 Å². The minimum atomic E-state index is -0.0919. The van der Waals surface area contributed by atoms with Crippen molar-refractivity contribution >= 4 is 22.9 Å². The van der Waals surface area contributed by atoms with E-state index in [1.807, 2.05) is 11.4 Å². The molecular formula is C21H22N4O2S. The maximum absolute atomic E-state index is 12.2. The number of carbonyl (C=O) groups excluding carboxylic acids is 1. The van der Waals surface area contributed by atoms with Crippen molar-refractivity contribution in [3.63, 3.8) is 0 Å². The number of amides is 1. The number of anilines is 1. The number of carbonyl (C=O) groups is 1. The van der Waals surface area contributed by atoms with Crippen molar-refractivity contribution in [1.82, 2.24) is 14.9 Å². The maximum atomic E-state index is 12.2. The number of nitrogens with one attached hydrogen (secondary N) is 1. The van der Waals surface area contributed by atoms with Gasteiger partial charge in [0, 0.05) is 36.8 Å². The number of hydrogen-bond donors (Lipinski definition) is 1. The zero-order valence-electron chi connectivity index (χ0n) is 15.5. The molecule has 0 bridgehead atoms. The quantitative estimate of drug-likeness (QED) is 0.695. The SMILES string of the molecule is O=C(Cc1csc(-c2ccc(CN3CCOCC3)cc2)n1)Nc1cccnc1. The lowest BCUT2D eigenvalue weighted by molar-refractivity contribution is -0.115. The molecule has 0 spiro atoms. The molecule has 1 amide bonds. The zero-order chi connectivity index (χ0) is 19.2. The van der Waals surface area contributed by atoms with E-state index in [2.05, 4.69) is 44.5 Å². The zero-order valence-corrected chi connectivity index (χ0v) is 16.3. The molecule has 0 radical (unpaired) electrons. The average molecular weight is 394 g/mol. The van der Waals surface area contributed by atoms with E-state index in [-0.39, 0.29) is 12.3 Å². The van der Waals surface area contributed by atoms with Gasteiger partial charge in [-0.05, 0) is 17.7 Å². The lowest BCUT2D eigenvalue weighted by Gasteiger charge is -2.26. The van der Waals surface area contributed by atoms with Crippen LogP contribution in [-0.4, -0.2) is 47.1 Å². The highest BCUT2D eigenvalue weighted by atomic mass is 32.1. The molecule has 0 saturated carbocycles. The average Bonchev–Trinajstić information content (AvgIpc) is 3.18. The van der Waals surface area contributed by atoms with Gasteiger partial charge in [-0.2, -0.15) is 0 Å². The largest absolute Gasteiger partial charge is 0.379 e. The first-order valence-electron chi connectivity index (χ1n) is 9.30. The molecule has 1 saturated heterocycles. The Bertz CT molecular complexity index is 906. The fraction of sp³-hybridized carbons (Fsp3) is 0.286. The standard InChI is InChI=1S/C21H22N4O2S/c26-20(23-18-2-1-7-22-13-18)12-19-15-28-21(24-19)17-5-3-16(4-6-17)14-25-8-10-27-11-9-25/h1-7,13,15H,8-12,14H2,(H,23,26). The Labute approximate surface area is 168 Å². The molecule has 1 fully saturated rings. The van der Waals surface area contributed by atoms with Crippen LogP contribution in [0.2, 0.25) is 0 Å². The summed E-state index contributed by atoms with van der Waals surface area (Å²) in [4.78, 5) is 23.2. The summed E-state index contributed by atoms with van der Waals surface area (Å²) in [5.41, 5.74) is 3.84. The summed E-state index contributed by atoms with van der Waals surface area (Å²) >= 11 is 1.56. The maximum Gasteiger partial charge on any atom is 0.230 e. The molecular weight excluding hydrogens is 372 g/mol. The second-order valence-corrected chi connectivity index (χ2v) is 7.55. The predicted molar refractivity (Wildman–Crippen MR) is 110 cm³/mol. The van der Waals surface area contributed by atoms with Gasteiger partial charge in [-0.15, -0.1) is 11.3 Å². The number of morpholine rings is 1. The third kappa shape index (κ3) is 5.01. The molecule has 3 aromatic rings. The lowest BCUT2D eigenvalue weighted by Crippen LogP contribution is -2.35. The summed E-state index contributed by atoms with van der Waals surface area (Å²) in [5.74, 6) is -0.0919. The van der Waals surface area contributed by atoms with Crippen molar-refractivity contribution in [1.29, 1.82) is 0 Å². The topological polar surface area (TPSA) is 67.4 Å². The highest BCUT2D eigenvalue weighted by Gasteiger charge is 2.12. The van der Waals surface area contributed by atoms with Crippen molar-refractivity contribution in [3.8, 4) is 10.6 Å². The van der Waals surface area contributed by atoms with Gasteiger partial charge in [0.1, 0.15) is 5.01 Å². The first-order valence-corrected chi connectivity index (χ1v) is 10.2. The number of hydrogen-bond acceptors (Lipinski definition) is 6. The molecule has 2 aromatic heterocycles. The van der Waals surface area contributed by atoms with E-state index in [1.165, 1.54) is 5.56 Å². The van der Waals surface area contributed by atoms with Gasteiger partial charge in [0.15, 0.2) is 0 Å². The van der Waals surface area contributed by atoms with E-state index in [0.29, 0.717) is 5.69 Å². The van der Waals surface area contributed by atoms with Crippen LogP contribution >= 0.6 is 11.3 Å². The van der Waals surface area contributed by atoms with Crippen LogP contribution in [-0.2, 0) is 22.5 Å². The van der Waals surface area contributed by atoms with Gasteiger partial charge in [0.05, 0.1) is 37.2 Å². The number of benzene rings is 1. The summed E-state index contributed by atoms with van der Waals surface area (Å²) in [6, 6.07) is 12.1. The highest BCUT2D eigenvalue weighted by Crippen LogP contribution is 2.25. The van der Waals surface area contributed by atoms with Gasteiger partial charge < -0.3 is 10.1 Å². The van der Waals surface area contributed by atoms with Crippen molar-refractivity contribution in [2.45, 2.75) is 13.0 Å². The molecule has 6 nitrogen and oxygen atoms in total. The van der Waals surface area contributed by atoms with Crippen molar-refractivity contribution in [2.24, 2.45) is 0 Å². The van der Waals surface area contributed by atoms with E-state index in [9.17, 15) is 4.79 Å². The first-order chi connectivity index (χ1) is 13.8. The first kappa shape index (κ1) is 18.7. The summed E-state index contributed by atoms with van der Waals surface area (Å²) < 4.78 is 5.40. The molecule has 28 heavy (non-hydrogen) atoms. The number of nitrogens with zero attached hydrogens (tertiary/aromatic N) is 3. The Kier molecular flexibility index (Phi) is 6.06. The van der Waals surface area contributed by atoms with Crippen LogP contribution in [0.25, 0.3) is 10.6 Å². The van der Waals surface area contributed by atoms with Gasteiger partial charge in [-0.1, -0.05) is 24.3 Å². The molecule has 0 atom stereocenters. The minimum absolute atomic E-state index is 0.0919. The van der Waals surface area contributed by atoms with Crippen LogP contribution in [0.5, 0.6) is 0 Å². The Morgan fingerprint density at radius 3 is 2.75 bits per heavy atom. The Morgan fingerprint density at radius 1 is 1.18 bits per heavy atom. The summed E-state index contributed by atoms with van der Waals surface area (Å²) in [6.07, 6.45) is 3.55. The van der Waals surface area contributed by atoms with E-state index in [1.54, 1.807) is 29.8 Å². The van der Waals surface area contributed by atoms with Gasteiger partial charge in [-0.25, -0.2) is 4.98 Å². The van der Waals surface area contributed by atoms with Crippen LogP contribution in [0.3, 0.4) is 0 Å². The molecule has 3 heterocycles. The third-order valence-electron chi connectivity index (χ3n) is 4.55. The Hall–Kier alpha value is -2.61. The number of ether oxygens (including phenoxy) is 1. The number of aromatic nitrogens is 2. The fourth-order valence-corrected chi connectivity index (χ4v) is 3.92. The molecule has 7 heteroatoms. The van der Waals surface area contributed by atoms with Crippen LogP contribution in [0.15, 0.2) is 54.2 Å².